The van der Waals surface area contributed by atoms with Gasteiger partial charge in [-0.25, -0.2) is 0 Å². The van der Waals surface area contributed by atoms with Gasteiger partial charge in [0, 0.05) is 11.1 Å². The van der Waals surface area contributed by atoms with E-state index < -0.39 is 0 Å². The van der Waals surface area contributed by atoms with E-state index in [2.05, 4.69) is 16.7 Å². The fourth-order valence-electron chi connectivity index (χ4n) is 3.02. The molecule has 29 heavy (non-hydrogen) atoms. The van der Waals surface area contributed by atoms with Crippen LogP contribution < -0.4 is 10.6 Å². The number of nitrogens with one attached hydrogen (secondary N) is 2. The number of hydrogen-bond donors (Lipinski definition) is 2. The molecular formula is C22H20N2O2S3. The van der Waals surface area contributed by atoms with E-state index in [1.165, 1.54) is 34.8 Å². The molecule has 1 aliphatic rings. The third-order valence-electron chi connectivity index (χ3n) is 4.45. The van der Waals surface area contributed by atoms with Crippen LogP contribution in [-0.4, -0.2) is 23.3 Å². The summed E-state index contributed by atoms with van der Waals surface area (Å²) in [5.41, 5.74) is 3.49. The van der Waals surface area contributed by atoms with Crippen molar-refractivity contribution < 1.29 is 9.59 Å². The molecule has 2 N–H and O–H groups in total. The molecular weight excluding hydrogens is 420 g/mol. The maximum Gasteiger partial charge on any atom is 0.257 e. The lowest BCUT2D eigenvalue weighted by molar-refractivity contribution is 0.102. The number of thioether (sulfide) groups is 2. The molecule has 0 saturated carbocycles. The van der Waals surface area contributed by atoms with E-state index in [9.17, 15) is 9.59 Å². The van der Waals surface area contributed by atoms with Crippen LogP contribution in [0, 0.1) is 0 Å². The lowest BCUT2D eigenvalue weighted by Gasteiger charge is -2.21. The minimum absolute atomic E-state index is 0.222. The quantitative estimate of drug-likeness (QED) is 0.502. The molecule has 0 aliphatic carbocycles. The van der Waals surface area contributed by atoms with Crippen molar-refractivity contribution in [3.63, 3.8) is 0 Å². The number of thiophene rings is 1. The Morgan fingerprint density at radius 1 is 0.897 bits per heavy atom. The smallest absolute Gasteiger partial charge is 0.257 e. The molecule has 2 heterocycles. The van der Waals surface area contributed by atoms with Gasteiger partial charge in [-0.05, 0) is 59.2 Å². The summed E-state index contributed by atoms with van der Waals surface area (Å²) >= 11 is 5.36. The van der Waals surface area contributed by atoms with Crippen LogP contribution in [0.5, 0.6) is 0 Å². The Kier molecular flexibility index (Phi) is 6.59. The first kappa shape index (κ1) is 20.1. The van der Waals surface area contributed by atoms with Crippen LogP contribution in [0.1, 0.15) is 37.3 Å². The molecule has 2 amide bonds. The summed E-state index contributed by atoms with van der Waals surface area (Å²) < 4.78 is 0.415. The minimum Gasteiger partial charge on any atom is -0.322 e. The lowest BCUT2D eigenvalue weighted by atomic mass is 10.1. The van der Waals surface area contributed by atoms with Crippen LogP contribution >= 0.6 is 34.9 Å². The van der Waals surface area contributed by atoms with Gasteiger partial charge in [-0.3, -0.25) is 9.59 Å². The van der Waals surface area contributed by atoms with E-state index >= 15 is 0 Å². The van der Waals surface area contributed by atoms with E-state index in [-0.39, 0.29) is 11.8 Å². The van der Waals surface area contributed by atoms with Crippen molar-refractivity contribution in [3.05, 3.63) is 82.0 Å². The summed E-state index contributed by atoms with van der Waals surface area (Å²) in [6.45, 7) is 0. The molecule has 0 atom stereocenters. The Bertz CT molecular complexity index is 999. The summed E-state index contributed by atoms with van der Waals surface area (Å²) in [5.74, 6) is 1.88. The zero-order valence-corrected chi connectivity index (χ0v) is 18.0. The van der Waals surface area contributed by atoms with Crippen LogP contribution in [0.2, 0.25) is 0 Å². The molecule has 7 heteroatoms. The Hall–Kier alpha value is -2.22. The van der Waals surface area contributed by atoms with Gasteiger partial charge in [0.15, 0.2) is 0 Å². The van der Waals surface area contributed by atoms with Gasteiger partial charge in [-0.1, -0.05) is 24.3 Å². The molecule has 4 rings (SSSR count). The van der Waals surface area contributed by atoms with Gasteiger partial charge in [-0.15, -0.1) is 23.5 Å². The first-order chi connectivity index (χ1) is 14.2. The third kappa shape index (κ3) is 5.04. The molecule has 0 radical (unpaired) electrons. The van der Waals surface area contributed by atoms with Crippen molar-refractivity contribution in [1.29, 1.82) is 0 Å². The van der Waals surface area contributed by atoms with Gasteiger partial charge < -0.3 is 10.6 Å². The number of amides is 2. The Morgan fingerprint density at radius 2 is 1.72 bits per heavy atom. The van der Waals surface area contributed by atoms with Crippen molar-refractivity contribution >= 4 is 58.0 Å². The molecule has 1 fully saturated rings. The van der Waals surface area contributed by atoms with Crippen LogP contribution in [0.3, 0.4) is 0 Å². The first-order valence-corrected chi connectivity index (χ1v) is 12.3. The first-order valence-electron chi connectivity index (χ1n) is 9.28. The van der Waals surface area contributed by atoms with E-state index in [0.717, 1.165) is 5.69 Å². The fraction of sp³-hybridized carbons (Fsp3) is 0.182. The van der Waals surface area contributed by atoms with Gasteiger partial charge in [0.05, 0.1) is 21.4 Å². The second-order valence-corrected chi connectivity index (χ2v) is 10.0. The standard InChI is InChI=1S/C22H20N2O2S3/c25-20(16-9-12-27-14-16)24-19-8-2-1-7-18(19)21(26)23-17-6-3-5-15(13-17)22-28-10-4-11-29-22/h1-3,5-9,12-14,22H,4,10-11H2,(H,23,26)(H,24,25). The molecule has 0 bridgehead atoms. The molecule has 1 saturated heterocycles. The number of carbonyl (C=O) groups excluding carboxylic acids is 2. The molecule has 148 valence electrons. The maximum absolute atomic E-state index is 12.9. The highest BCUT2D eigenvalue weighted by molar-refractivity contribution is 8.16. The SMILES string of the molecule is O=C(Nc1ccccc1C(=O)Nc1cccc(C2SCCCS2)c1)c1ccsc1. The number of anilines is 2. The summed E-state index contributed by atoms with van der Waals surface area (Å²) in [6, 6.07) is 16.8. The van der Waals surface area contributed by atoms with Crippen LogP contribution in [0.25, 0.3) is 0 Å². The predicted molar refractivity (Wildman–Crippen MR) is 125 cm³/mol. The van der Waals surface area contributed by atoms with Crippen molar-refractivity contribution in [2.45, 2.75) is 11.0 Å². The summed E-state index contributed by atoms with van der Waals surface area (Å²) in [4.78, 5) is 25.3. The van der Waals surface area contributed by atoms with Crippen molar-refractivity contribution in [2.24, 2.45) is 0 Å². The van der Waals surface area contributed by atoms with Crippen LogP contribution in [-0.2, 0) is 0 Å². The van der Waals surface area contributed by atoms with E-state index in [1.807, 2.05) is 47.1 Å². The second-order valence-electron chi connectivity index (χ2n) is 6.52. The minimum atomic E-state index is -0.243. The summed E-state index contributed by atoms with van der Waals surface area (Å²) in [5, 5.41) is 9.46. The van der Waals surface area contributed by atoms with Crippen molar-refractivity contribution in [3.8, 4) is 0 Å². The number of rotatable bonds is 5. The normalized spacial score (nSPS) is 14.3. The van der Waals surface area contributed by atoms with Crippen LogP contribution in [0.15, 0.2) is 65.4 Å². The highest BCUT2D eigenvalue weighted by Gasteiger charge is 2.18. The highest BCUT2D eigenvalue weighted by Crippen LogP contribution is 2.44. The maximum atomic E-state index is 12.9. The number of hydrogen-bond acceptors (Lipinski definition) is 5. The van der Waals surface area contributed by atoms with Gasteiger partial charge in [0.1, 0.15) is 0 Å². The fourth-order valence-corrected chi connectivity index (χ4v) is 6.53. The second kappa shape index (κ2) is 9.52. The van der Waals surface area contributed by atoms with E-state index in [4.69, 9.17) is 0 Å². The molecule has 0 unspecified atom stereocenters. The van der Waals surface area contributed by atoms with Gasteiger partial charge in [0.25, 0.3) is 11.8 Å². The highest BCUT2D eigenvalue weighted by atomic mass is 32.2. The third-order valence-corrected chi connectivity index (χ3v) is 8.15. The monoisotopic (exact) mass is 440 g/mol. The Balaban J connectivity index is 1.50. The molecule has 1 aromatic heterocycles. The van der Waals surface area contributed by atoms with E-state index in [1.54, 1.807) is 35.7 Å². The molecule has 0 spiro atoms. The van der Waals surface area contributed by atoms with Crippen LogP contribution in [0.4, 0.5) is 11.4 Å². The van der Waals surface area contributed by atoms with Gasteiger partial charge in [-0.2, -0.15) is 11.3 Å². The Labute approximate surface area is 182 Å². The van der Waals surface area contributed by atoms with Crippen molar-refractivity contribution in [1.82, 2.24) is 0 Å². The largest absolute Gasteiger partial charge is 0.322 e. The van der Waals surface area contributed by atoms with Gasteiger partial charge in [0.2, 0.25) is 0 Å². The predicted octanol–water partition coefficient (Wildman–Crippen LogP) is 6.12. The average Bonchev–Trinajstić information content (AvgIpc) is 3.30. The summed E-state index contributed by atoms with van der Waals surface area (Å²) in [7, 11) is 0. The molecule has 2 aromatic carbocycles. The zero-order chi connectivity index (χ0) is 20.1. The lowest BCUT2D eigenvalue weighted by Crippen LogP contribution is -2.18. The average molecular weight is 441 g/mol. The van der Waals surface area contributed by atoms with Crippen molar-refractivity contribution in [2.75, 3.05) is 22.1 Å². The van der Waals surface area contributed by atoms with Gasteiger partial charge >= 0.3 is 0 Å². The summed E-state index contributed by atoms with van der Waals surface area (Å²) in [6.07, 6.45) is 1.25. The number of carbonyl (C=O) groups is 2. The number of benzene rings is 2. The topological polar surface area (TPSA) is 58.2 Å². The zero-order valence-electron chi connectivity index (χ0n) is 15.6. The molecule has 4 nitrogen and oxygen atoms in total. The molecule has 1 aliphatic heterocycles. The van der Waals surface area contributed by atoms with E-state index in [0.29, 0.717) is 21.4 Å². The Morgan fingerprint density at radius 3 is 2.52 bits per heavy atom. The molecule has 3 aromatic rings. The number of para-hydroxylation sites is 1.